The van der Waals surface area contributed by atoms with Crippen LogP contribution in [-0.4, -0.2) is 35.9 Å². The first-order chi connectivity index (χ1) is 20.5. The van der Waals surface area contributed by atoms with Gasteiger partial charge in [-0.15, -0.1) is 0 Å². The maximum Gasteiger partial charge on any atom is 0.304 e. The van der Waals surface area contributed by atoms with Crippen molar-refractivity contribution in [3.8, 4) is 0 Å². The highest BCUT2D eigenvalue weighted by Gasteiger charge is 2.52. The summed E-state index contributed by atoms with van der Waals surface area (Å²) in [5.74, 6) is -6.30. The molecule has 43 heavy (non-hydrogen) atoms. The van der Waals surface area contributed by atoms with E-state index in [9.17, 15) is 19.2 Å². The van der Waals surface area contributed by atoms with Gasteiger partial charge >= 0.3 is 11.9 Å². The van der Waals surface area contributed by atoms with E-state index in [-0.39, 0.29) is 22.7 Å². The van der Waals surface area contributed by atoms with Crippen LogP contribution in [-0.2, 0) is 29.3 Å². The maximum atomic E-state index is 15.5. The lowest BCUT2D eigenvalue weighted by Crippen LogP contribution is -2.45. The number of hydrogen-bond acceptors (Lipinski definition) is 6. The summed E-state index contributed by atoms with van der Waals surface area (Å²) in [5.41, 5.74) is 0.808. The Labute approximate surface area is 248 Å². The van der Waals surface area contributed by atoms with Gasteiger partial charge in [0.05, 0.1) is 17.5 Å². The number of halogens is 2. The van der Waals surface area contributed by atoms with Crippen LogP contribution >= 0.6 is 0 Å². The van der Waals surface area contributed by atoms with Crippen LogP contribution in [0.1, 0.15) is 73.5 Å². The smallest absolute Gasteiger partial charge is 0.304 e. The number of nitrogens with zero attached hydrogens (tertiary/aromatic N) is 1. The lowest BCUT2D eigenvalue weighted by molar-refractivity contribution is -0.181. The van der Waals surface area contributed by atoms with Crippen LogP contribution in [0.15, 0.2) is 78.9 Å². The monoisotopic (exact) mass is 590 g/mol. The van der Waals surface area contributed by atoms with Crippen LogP contribution in [0.5, 0.6) is 0 Å². The Morgan fingerprint density at radius 3 is 2.05 bits per heavy atom. The van der Waals surface area contributed by atoms with Crippen molar-refractivity contribution in [2.75, 3.05) is 10.2 Å². The first-order valence-corrected chi connectivity index (χ1v) is 14.1. The molecule has 1 aliphatic heterocycles. The molecule has 2 amide bonds. The number of carbonyl (C=O) groups excluding carboxylic acids is 4. The molecule has 0 radical (unpaired) electrons. The number of nitrogens with one attached hydrogen (secondary N) is 1. The molecule has 8 nitrogen and oxygen atoms in total. The molecular weight excluding hydrogens is 558 g/mol. The molecule has 2 atom stereocenters. The number of para-hydroxylation sites is 1. The van der Waals surface area contributed by atoms with Crippen molar-refractivity contribution < 1.29 is 37.4 Å². The highest BCUT2D eigenvalue weighted by Crippen LogP contribution is 2.47. The Hall–Kier alpha value is -4.60. The van der Waals surface area contributed by atoms with Crippen molar-refractivity contribution in [2.24, 2.45) is 0 Å². The zero-order chi connectivity index (χ0) is 30.8. The van der Waals surface area contributed by atoms with Gasteiger partial charge in [0.2, 0.25) is 5.91 Å². The molecule has 1 N–H and O–H groups in total. The zero-order valence-electron chi connectivity index (χ0n) is 23.8. The molecule has 0 aromatic heterocycles. The molecule has 3 aromatic carbocycles. The Balaban J connectivity index is 1.45. The number of amides is 2. The average molecular weight is 591 g/mol. The molecule has 0 spiro atoms. The Morgan fingerprint density at radius 2 is 1.42 bits per heavy atom. The van der Waals surface area contributed by atoms with E-state index in [1.807, 2.05) is 30.3 Å². The number of anilines is 2. The van der Waals surface area contributed by atoms with E-state index in [0.29, 0.717) is 5.69 Å². The van der Waals surface area contributed by atoms with Gasteiger partial charge in [0.1, 0.15) is 0 Å². The Morgan fingerprint density at radius 1 is 0.814 bits per heavy atom. The highest BCUT2D eigenvalue weighted by molar-refractivity contribution is 6.07. The molecule has 2 unspecified atom stereocenters. The second kappa shape index (κ2) is 11.9. The molecule has 10 heteroatoms. The summed E-state index contributed by atoms with van der Waals surface area (Å²) in [6.45, 7) is 2.08. The lowest BCUT2D eigenvalue weighted by Gasteiger charge is -2.31. The number of benzene rings is 3. The summed E-state index contributed by atoms with van der Waals surface area (Å²) < 4.78 is 41.3. The fraction of sp³-hybridized carbons (Fsp3) is 0.333. The molecule has 2 aliphatic rings. The number of carbonyl (C=O) groups is 4. The summed E-state index contributed by atoms with van der Waals surface area (Å²) in [5, 5.41) is 2.98. The maximum absolute atomic E-state index is 15.5. The third kappa shape index (κ3) is 6.00. The van der Waals surface area contributed by atoms with Gasteiger partial charge in [0.25, 0.3) is 11.8 Å². The van der Waals surface area contributed by atoms with Crippen molar-refractivity contribution in [3.05, 3.63) is 95.6 Å². The predicted molar refractivity (Wildman–Crippen MR) is 155 cm³/mol. The van der Waals surface area contributed by atoms with Gasteiger partial charge in [0, 0.05) is 30.7 Å². The van der Waals surface area contributed by atoms with Crippen molar-refractivity contribution in [3.63, 3.8) is 0 Å². The van der Waals surface area contributed by atoms with Gasteiger partial charge in [-0.25, -0.2) is 8.78 Å². The number of esters is 2. The molecule has 1 heterocycles. The van der Waals surface area contributed by atoms with Crippen LogP contribution in [0.4, 0.5) is 20.2 Å². The van der Waals surface area contributed by atoms with Crippen molar-refractivity contribution in [1.29, 1.82) is 0 Å². The molecule has 1 aliphatic carbocycles. The third-order valence-corrected chi connectivity index (χ3v) is 8.01. The van der Waals surface area contributed by atoms with E-state index < -0.39 is 47.9 Å². The number of rotatable bonds is 6. The minimum atomic E-state index is -3.67. The number of alkyl halides is 2. The fourth-order valence-corrected chi connectivity index (χ4v) is 6.05. The van der Waals surface area contributed by atoms with Crippen molar-refractivity contribution in [2.45, 2.75) is 69.6 Å². The van der Waals surface area contributed by atoms with Crippen LogP contribution < -0.4 is 10.2 Å². The summed E-state index contributed by atoms with van der Waals surface area (Å²) in [7, 11) is 0. The molecule has 1 fully saturated rings. The van der Waals surface area contributed by atoms with E-state index in [1.54, 1.807) is 18.2 Å². The van der Waals surface area contributed by atoms with Gasteiger partial charge < -0.3 is 14.8 Å². The van der Waals surface area contributed by atoms with E-state index in [1.165, 1.54) is 30.3 Å². The average Bonchev–Trinajstić information content (AvgIpc) is 3.45. The van der Waals surface area contributed by atoms with E-state index in [4.69, 9.17) is 9.47 Å². The van der Waals surface area contributed by atoms with E-state index in [0.717, 1.165) is 50.0 Å². The molecule has 3 aromatic rings. The van der Waals surface area contributed by atoms with Gasteiger partial charge in [-0.05, 0) is 48.7 Å². The van der Waals surface area contributed by atoms with Gasteiger partial charge in [0.15, 0.2) is 12.3 Å². The Kier molecular flexibility index (Phi) is 8.30. The van der Waals surface area contributed by atoms with E-state index >= 15 is 8.78 Å². The summed E-state index contributed by atoms with van der Waals surface area (Å²) in [6, 6.07) is 21.6. The molecule has 1 saturated carbocycles. The minimum absolute atomic E-state index is 0.0191. The summed E-state index contributed by atoms with van der Waals surface area (Å²) in [6.07, 6.45) is -1.45. The molecular formula is C33H32F2N2O6. The van der Waals surface area contributed by atoms with Crippen LogP contribution in [0, 0.1) is 0 Å². The highest BCUT2D eigenvalue weighted by atomic mass is 19.3. The number of ether oxygens (including phenoxy) is 2. The second-order valence-corrected chi connectivity index (χ2v) is 10.9. The summed E-state index contributed by atoms with van der Waals surface area (Å²) in [4.78, 5) is 52.2. The van der Waals surface area contributed by atoms with Gasteiger partial charge in [-0.3, -0.25) is 24.1 Å². The van der Waals surface area contributed by atoms with Crippen LogP contribution in [0.3, 0.4) is 0 Å². The molecule has 5 rings (SSSR count). The largest absolute Gasteiger partial charge is 0.451 e. The Bertz CT molecular complexity index is 1520. The molecule has 0 saturated heterocycles. The van der Waals surface area contributed by atoms with E-state index in [2.05, 4.69) is 5.32 Å². The third-order valence-electron chi connectivity index (χ3n) is 8.01. The first-order valence-electron chi connectivity index (χ1n) is 14.1. The van der Waals surface area contributed by atoms with Crippen molar-refractivity contribution >= 4 is 35.1 Å². The normalized spacial score (nSPS) is 20.3. The van der Waals surface area contributed by atoms with Gasteiger partial charge in [-0.1, -0.05) is 61.4 Å². The van der Waals surface area contributed by atoms with Crippen molar-refractivity contribution in [1.82, 2.24) is 0 Å². The SMILES string of the molecule is CC(=O)OC1CC(F)(F)C(OC(C)=O)c2ccccc2N1C(=O)c1ccc(NC(=O)C2(c3ccccc3)CCCC2)cc1. The van der Waals surface area contributed by atoms with Crippen LogP contribution in [0.25, 0.3) is 0 Å². The van der Waals surface area contributed by atoms with Gasteiger partial charge in [-0.2, -0.15) is 0 Å². The first kappa shape index (κ1) is 29.9. The predicted octanol–water partition coefficient (Wildman–Crippen LogP) is 6.32. The molecule has 0 bridgehead atoms. The fourth-order valence-electron chi connectivity index (χ4n) is 6.05. The topological polar surface area (TPSA) is 102 Å². The second-order valence-electron chi connectivity index (χ2n) is 10.9. The standard InChI is InChI=1S/C33H32F2N2O6/c1-21(38)42-28-20-33(34,35)29(43-22(2)39)26-12-6-7-13-27(26)37(28)30(40)23-14-16-25(17-15-23)36-31(41)32(18-8-9-19-32)24-10-4-3-5-11-24/h3-7,10-17,28-29H,8-9,18-20H2,1-2H3,(H,36,41). The zero-order valence-corrected chi connectivity index (χ0v) is 23.8. The number of fused-ring (bicyclic) bond motifs is 1. The minimum Gasteiger partial charge on any atom is -0.451 e. The quantitative estimate of drug-likeness (QED) is 0.338. The lowest BCUT2D eigenvalue weighted by atomic mass is 9.78. The molecule has 224 valence electrons. The summed E-state index contributed by atoms with van der Waals surface area (Å²) >= 11 is 0. The number of hydrogen-bond donors (Lipinski definition) is 1. The van der Waals surface area contributed by atoms with Crippen LogP contribution in [0.2, 0.25) is 0 Å².